The number of likely N-dealkylation sites (tertiary alicyclic amines) is 1. The van der Waals surface area contributed by atoms with E-state index in [-0.39, 0.29) is 5.91 Å². The first-order chi connectivity index (χ1) is 10.1. The van der Waals surface area contributed by atoms with E-state index >= 15 is 0 Å². The Balaban J connectivity index is 1.93. The average Bonchev–Trinajstić information content (AvgIpc) is 2.53. The van der Waals surface area contributed by atoms with Gasteiger partial charge in [-0.1, -0.05) is 6.92 Å². The summed E-state index contributed by atoms with van der Waals surface area (Å²) < 4.78 is 0. The molecule has 0 bridgehead atoms. The Hall–Kier alpha value is -1.62. The molecule has 2 rings (SSSR count). The van der Waals surface area contributed by atoms with E-state index in [1.54, 1.807) is 0 Å². The standard InChI is InChI=1S/C16H26N4O/c1-4-14-9-13(10-15(17-2)19-14)16(21)18-11-12-5-7-20(3)8-6-12/h9-10,12H,4-8,11H2,1-3H3,(H,17,19)(H,18,21). The summed E-state index contributed by atoms with van der Waals surface area (Å²) >= 11 is 0. The molecule has 1 saturated heterocycles. The molecule has 116 valence electrons. The number of carbonyl (C=O) groups excluding carboxylic acids is 1. The number of hydrogen-bond donors (Lipinski definition) is 2. The molecule has 0 aromatic carbocycles. The van der Waals surface area contributed by atoms with Crippen LogP contribution in [0.15, 0.2) is 12.1 Å². The van der Waals surface area contributed by atoms with Crippen LogP contribution in [-0.4, -0.2) is 49.5 Å². The molecule has 1 aromatic heterocycles. The van der Waals surface area contributed by atoms with Gasteiger partial charge in [0.2, 0.25) is 0 Å². The molecule has 2 N–H and O–H groups in total. The first-order valence-electron chi connectivity index (χ1n) is 7.77. The van der Waals surface area contributed by atoms with Crippen molar-refractivity contribution in [1.29, 1.82) is 0 Å². The van der Waals surface area contributed by atoms with E-state index in [1.807, 2.05) is 26.1 Å². The van der Waals surface area contributed by atoms with Gasteiger partial charge in [-0.05, 0) is 57.5 Å². The maximum atomic E-state index is 12.3. The predicted molar refractivity (Wildman–Crippen MR) is 85.7 cm³/mol. The number of amides is 1. The molecule has 0 spiro atoms. The fraction of sp³-hybridized carbons (Fsp3) is 0.625. The highest BCUT2D eigenvalue weighted by Gasteiger charge is 2.18. The van der Waals surface area contributed by atoms with Crippen molar-refractivity contribution in [3.8, 4) is 0 Å². The third kappa shape index (κ3) is 4.43. The zero-order chi connectivity index (χ0) is 15.2. The predicted octanol–water partition coefficient (Wildman–Crippen LogP) is 1.76. The topological polar surface area (TPSA) is 57.3 Å². The third-order valence-electron chi connectivity index (χ3n) is 4.15. The fourth-order valence-corrected chi connectivity index (χ4v) is 2.63. The van der Waals surface area contributed by atoms with Gasteiger partial charge in [0.15, 0.2) is 0 Å². The summed E-state index contributed by atoms with van der Waals surface area (Å²) in [5.74, 6) is 1.35. The van der Waals surface area contributed by atoms with Gasteiger partial charge in [-0.3, -0.25) is 4.79 Å². The number of nitrogens with one attached hydrogen (secondary N) is 2. The van der Waals surface area contributed by atoms with Gasteiger partial charge in [0.25, 0.3) is 5.91 Å². The molecule has 5 nitrogen and oxygen atoms in total. The Labute approximate surface area is 127 Å². The normalized spacial score (nSPS) is 16.7. The van der Waals surface area contributed by atoms with Crippen molar-refractivity contribution in [3.63, 3.8) is 0 Å². The van der Waals surface area contributed by atoms with Crippen LogP contribution in [0.4, 0.5) is 5.82 Å². The van der Waals surface area contributed by atoms with Gasteiger partial charge in [0.05, 0.1) is 0 Å². The third-order valence-corrected chi connectivity index (χ3v) is 4.15. The summed E-state index contributed by atoms with van der Waals surface area (Å²) in [5.41, 5.74) is 1.63. The number of hydrogen-bond acceptors (Lipinski definition) is 4. The highest BCUT2D eigenvalue weighted by molar-refractivity contribution is 5.95. The molecule has 1 aromatic rings. The summed E-state index contributed by atoms with van der Waals surface area (Å²) in [6.45, 7) is 5.06. The SMILES string of the molecule is CCc1cc(C(=O)NCC2CCN(C)CC2)cc(NC)n1. The Morgan fingerprint density at radius 1 is 1.38 bits per heavy atom. The number of aromatic nitrogens is 1. The molecule has 1 amide bonds. The van der Waals surface area contributed by atoms with Crippen molar-refractivity contribution in [2.75, 3.05) is 39.0 Å². The summed E-state index contributed by atoms with van der Waals surface area (Å²) in [6, 6.07) is 3.69. The van der Waals surface area contributed by atoms with Crippen LogP contribution in [-0.2, 0) is 6.42 Å². The summed E-state index contributed by atoms with van der Waals surface area (Å²) in [7, 11) is 3.97. The molecule has 5 heteroatoms. The highest BCUT2D eigenvalue weighted by Crippen LogP contribution is 2.15. The van der Waals surface area contributed by atoms with E-state index in [9.17, 15) is 4.79 Å². The summed E-state index contributed by atoms with van der Waals surface area (Å²) in [4.78, 5) is 19.1. The lowest BCUT2D eigenvalue weighted by molar-refractivity contribution is 0.0939. The lowest BCUT2D eigenvalue weighted by Crippen LogP contribution is -2.36. The van der Waals surface area contributed by atoms with Crippen LogP contribution in [0.2, 0.25) is 0 Å². The molecule has 0 aliphatic carbocycles. The number of carbonyl (C=O) groups is 1. The molecular formula is C16H26N4O. The molecular weight excluding hydrogens is 264 g/mol. The monoisotopic (exact) mass is 290 g/mol. The molecule has 21 heavy (non-hydrogen) atoms. The summed E-state index contributed by atoms with van der Waals surface area (Å²) in [6.07, 6.45) is 3.15. The molecule has 0 unspecified atom stereocenters. The molecule has 1 aliphatic heterocycles. The zero-order valence-corrected chi connectivity index (χ0v) is 13.3. The largest absolute Gasteiger partial charge is 0.373 e. The minimum atomic E-state index is 0.00234. The van der Waals surface area contributed by atoms with E-state index in [0.29, 0.717) is 11.5 Å². The second-order valence-corrected chi connectivity index (χ2v) is 5.79. The quantitative estimate of drug-likeness (QED) is 0.867. The number of aryl methyl sites for hydroxylation is 1. The van der Waals surface area contributed by atoms with Crippen LogP contribution in [0, 0.1) is 5.92 Å². The maximum Gasteiger partial charge on any atom is 0.251 e. The minimum absolute atomic E-state index is 0.00234. The number of piperidine rings is 1. The van der Waals surface area contributed by atoms with Crippen molar-refractivity contribution in [1.82, 2.24) is 15.2 Å². The lowest BCUT2D eigenvalue weighted by Gasteiger charge is -2.28. The van der Waals surface area contributed by atoms with E-state index in [1.165, 1.54) is 0 Å². The smallest absolute Gasteiger partial charge is 0.251 e. The maximum absolute atomic E-state index is 12.3. The van der Waals surface area contributed by atoms with Crippen molar-refractivity contribution >= 4 is 11.7 Å². The van der Waals surface area contributed by atoms with E-state index in [4.69, 9.17) is 0 Å². The van der Waals surface area contributed by atoms with Gasteiger partial charge in [0.1, 0.15) is 5.82 Å². The average molecular weight is 290 g/mol. The lowest BCUT2D eigenvalue weighted by atomic mass is 9.97. The second kappa shape index (κ2) is 7.41. The van der Waals surface area contributed by atoms with Gasteiger partial charge >= 0.3 is 0 Å². The molecule has 0 radical (unpaired) electrons. The van der Waals surface area contributed by atoms with Crippen LogP contribution >= 0.6 is 0 Å². The van der Waals surface area contributed by atoms with Gasteiger partial charge in [-0.15, -0.1) is 0 Å². The second-order valence-electron chi connectivity index (χ2n) is 5.79. The Kier molecular flexibility index (Phi) is 5.56. The first-order valence-corrected chi connectivity index (χ1v) is 7.77. The molecule has 0 saturated carbocycles. The molecule has 1 fully saturated rings. The van der Waals surface area contributed by atoms with E-state index in [0.717, 1.165) is 50.4 Å². The van der Waals surface area contributed by atoms with Crippen LogP contribution < -0.4 is 10.6 Å². The Bertz CT molecular complexity index is 459. The Morgan fingerprint density at radius 2 is 2.10 bits per heavy atom. The van der Waals surface area contributed by atoms with Crippen LogP contribution in [0.5, 0.6) is 0 Å². The highest BCUT2D eigenvalue weighted by atomic mass is 16.1. The first kappa shape index (κ1) is 15.8. The number of anilines is 1. The zero-order valence-electron chi connectivity index (χ0n) is 13.3. The van der Waals surface area contributed by atoms with Crippen molar-refractivity contribution in [3.05, 3.63) is 23.4 Å². The van der Waals surface area contributed by atoms with Crippen LogP contribution in [0.25, 0.3) is 0 Å². The van der Waals surface area contributed by atoms with Gasteiger partial charge in [-0.2, -0.15) is 0 Å². The molecule has 2 heterocycles. The minimum Gasteiger partial charge on any atom is -0.373 e. The molecule has 0 atom stereocenters. The molecule has 1 aliphatic rings. The van der Waals surface area contributed by atoms with Crippen molar-refractivity contribution in [2.45, 2.75) is 26.2 Å². The fourth-order valence-electron chi connectivity index (χ4n) is 2.63. The van der Waals surface area contributed by atoms with Gasteiger partial charge in [0, 0.05) is 24.8 Å². The van der Waals surface area contributed by atoms with Crippen LogP contribution in [0.3, 0.4) is 0 Å². The number of nitrogens with zero attached hydrogens (tertiary/aromatic N) is 2. The van der Waals surface area contributed by atoms with E-state index < -0.39 is 0 Å². The Morgan fingerprint density at radius 3 is 2.71 bits per heavy atom. The van der Waals surface area contributed by atoms with Gasteiger partial charge in [-0.25, -0.2) is 4.98 Å². The van der Waals surface area contributed by atoms with Crippen LogP contribution in [0.1, 0.15) is 35.8 Å². The number of rotatable bonds is 5. The van der Waals surface area contributed by atoms with E-state index in [2.05, 4.69) is 27.6 Å². The van der Waals surface area contributed by atoms with Crippen molar-refractivity contribution in [2.24, 2.45) is 5.92 Å². The summed E-state index contributed by atoms with van der Waals surface area (Å²) in [5, 5.41) is 6.08. The van der Waals surface area contributed by atoms with Crippen molar-refractivity contribution < 1.29 is 4.79 Å². The van der Waals surface area contributed by atoms with Gasteiger partial charge < -0.3 is 15.5 Å². The number of pyridine rings is 1.